The van der Waals surface area contributed by atoms with Gasteiger partial charge in [-0.05, 0) is 30.3 Å². The lowest BCUT2D eigenvalue weighted by Gasteiger charge is -2.10. The number of anilines is 1. The van der Waals surface area contributed by atoms with Gasteiger partial charge >= 0.3 is 6.18 Å². The number of nitrogens with one attached hydrogen (secondary N) is 1. The molecule has 1 aromatic heterocycles. The van der Waals surface area contributed by atoms with Crippen LogP contribution in [0.3, 0.4) is 0 Å². The van der Waals surface area contributed by atoms with Crippen molar-refractivity contribution in [1.82, 2.24) is 4.98 Å². The van der Waals surface area contributed by atoms with Crippen molar-refractivity contribution in [3.63, 3.8) is 0 Å². The second-order valence-corrected chi connectivity index (χ2v) is 4.21. The molecule has 4 nitrogen and oxygen atoms in total. The Balaban J connectivity index is 2.35. The maximum Gasteiger partial charge on any atom is 0.416 e. The van der Waals surface area contributed by atoms with Crippen molar-refractivity contribution in [3.05, 3.63) is 59.0 Å². The summed E-state index contributed by atoms with van der Waals surface area (Å²) >= 11 is 0. The van der Waals surface area contributed by atoms with Gasteiger partial charge in [-0.2, -0.15) is 13.2 Å². The molecule has 1 amide bonds. The molecule has 114 valence electrons. The number of carbonyl (C=O) groups excluding carboxylic acids is 2. The highest BCUT2D eigenvalue weighted by molar-refractivity contribution is 6.05. The second-order valence-electron chi connectivity index (χ2n) is 4.21. The predicted molar refractivity (Wildman–Crippen MR) is 69.0 cm³/mol. The average Bonchev–Trinajstić information content (AvgIpc) is 2.47. The van der Waals surface area contributed by atoms with Gasteiger partial charge in [0.15, 0.2) is 6.29 Å². The van der Waals surface area contributed by atoms with Crippen LogP contribution in [0.15, 0.2) is 36.5 Å². The van der Waals surface area contributed by atoms with Crippen LogP contribution >= 0.6 is 0 Å². The van der Waals surface area contributed by atoms with Gasteiger partial charge in [0.1, 0.15) is 11.6 Å². The topological polar surface area (TPSA) is 59.1 Å². The lowest BCUT2D eigenvalue weighted by molar-refractivity contribution is -0.137. The maximum atomic E-state index is 13.6. The Kier molecular flexibility index (Phi) is 4.20. The molecule has 2 aromatic rings. The van der Waals surface area contributed by atoms with E-state index < -0.39 is 29.0 Å². The van der Waals surface area contributed by atoms with Crippen LogP contribution in [0, 0.1) is 5.82 Å². The van der Waals surface area contributed by atoms with Gasteiger partial charge in [-0.1, -0.05) is 0 Å². The molecule has 0 fully saturated rings. The lowest BCUT2D eigenvalue weighted by Crippen LogP contribution is -2.17. The summed E-state index contributed by atoms with van der Waals surface area (Å²) in [5.41, 5.74) is -1.93. The Labute approximate surface area is 121 Å². The molecule has 1 aromatic carbocycles. The first kappa shape index (κ1) is 15.6. The van der Waals surface area contributed by atoms with E-state index in [9.17, 15) is 27.2 Å². The number of hydrogen-bond acceptors (Lipinski definition) is 3. The van der Waals surface area contributed by atoms with E-state index in [0.29, 0.717) is 24.5 Å². The van der Waals surface area contributed by atoms with Crippen LogP contribution in [0.25, 0.3) is 0 Å². The summed E-state index contributed by atoms with van der Waals surface area (Å²) in [6.07, 6.45) is -3.03. The number of rotatable bonds is 3. The molecule has 0 unspecified atom stereocenters. The van der Waals surface area contributed by atoms with Gasteiger partial charge in [-0.25, -0.2) is 9.37 Å². The summed E-state index contributed by atoms with van der Waals surface area (Å²) in [7, 11) is 0. The van der Waals surface area contributed by atoms with Gasteiger partial charge in [-0.15, -0.1) is 0 Å². The number of nitrogens with zero attached hydrogens (tertiary/aromatic N) is 1. The standard InChI is InChI=1S/C14H8F4N2O2/c15-11-4-3-9(14(16,17)18)6-10(11)13(22)20-12-8(7-21)2-1-5-19-12/h1-7H,(H,19,20,22). The average molecular weight is 312 g/mol. The molecule has 0 bridgehead atoms. The SMILES string of the molecule is O=Cc1cccnc1NC(=O)c1cc(C(F)(F)F)ccc1F. The molecular formula is C14H8F4N2O2. The van der Waals surface area contributed by atoms with Crippen molar-refractivity contribution in [2.75, 3.05) is 5.32 Å². The van der Waals surface area contributed by atoms with Crippen LogP contribution in [-0.4, -0.2) is 17.2 Å². The number of aldehydes is 1. The van der Waals surface area contributed by atoms with Crippen LogP contribution in [0.5, 0.6) is 0 Å². The third-order valence-electron chi connectivity index (χ3n) is 2.74. The van der Waals surface area contributed by atoms with E-state index in [2.05, 4.69) is 10.3 Å². The molecule has 0 spiro atoms. The van der Waals surface area contributed by atoms with Gasteiger partial charge in [-0.3, -0.25) is 9.59 Å². The highest BCUT2D eigenvalue weighted by Crippen LogP contribution is 2.30. The normalized spacial score (nSPS) is 11.1. The zero-order valence-electron chi connectivity index (χ0n) is 10.8. The molecule has 1 N–H and O–H groups in total. The van der Waals surface area contributed by atoms with Crippen LogP contribution in [0.2, 0.25) is 0 Å². The number of aromatic nitrogens is 1. The van der Waals surface area contributed by atoms with Gasteiger partial charge < -0.3 is 5.32 Å². The molecule has 22 heavy (non-hydrogen) atoms. The lowest BCUT2D eigenvalue weighted by atomic mass is 10.1. The predicted octanol–water partition coefficient (Wildman–Crippen LogP) is 3.30. The molecule has 0 aliphatic heterocycles. The van der Waals surface area contributed by atoms with Crippen molar-refractivity contribution < 1.29 is 27.2 Å². The van der Waals surface area contributed by atoms with Gasteiger partial charge in [0.2, 0.25) is 0 Å². The number of alkyl halides is 3. The Morgan fingerprint density at radius 3 is 2.59 bits per heavy atom. The molecule has 8 heteroatoms. The monoisotopic (exact) mass is 312 g/mol. The number of amides is 1. The molecule has 0 radical (unpaired) electrons. The molecule has 1 heterocycles. The van der Waals surface area contributed by atoms with Crippen molar-refractivity contribution >= 4 is 18.0 Å². The van der Waals surface area contributed by atoms with E-state index in [1.54, 1.807) is 0 Å². The van der Waals surface area contributed by atoms with Crippen molar-refractivity contribution in [2.24, 2.45) is 0 Å². The minimum Gasteiger partial charge on any atom is -0.306 e. The number of benzene rings is 1. The molecule has 0 aliphatic carbocycles. The fourth-order valence-corrected chi connectivity index (χ4v) is 1.67. The van der Waals surface area contributed by atoms with Crippen molar-refractivity contribution in [2.45, 2.75) is 6.18 Å². The van der Waals surface area contributed by atoms with E-state index in [4.69, 9.17) is 0 Å². The third-order valence-corrected chi connectivity index (χ3v) is 2.74. The Morgan fingerprint density at radius 1 is 1.23 bits per heavy atom. The number of pyridine rings is 1. The number of halogens is 4. The summed E-state index contributed by atoms with van der Waals surface area (Å²) in [4.78, 5) is 26.4. The fraction of sp³-hybridized carbons (Fsp3) is 0.0714. The molecule has 0 saturated heterocycles. The minimum atomic E-state index is -4.71. The van der Waals surface area contributed by atoms with Crippen LogP contribution in [0.4, 0.5) is 23.4 Å². The van der Waals surface area contributed by atoms with Crippen molar-refractivity contribution in [3.8, 4) is 0 Å². The quantitative estimate of drug-likeness (QED) is 0.699. The largest absolute Gasteiger partial charge is 0.416 e. The highest BCUT2D eigenvalue weighted by Gasteiger charge is 2.32. The second kappa shape index (κ2) is 5.92. The zero-order chi connectivity index (χ0) is 16.3. The highest BCUT2D eigenvalue weighted by atomic mass is 19.4. The Bertz CT molecular complexity index is 729. The Hall–Kier alpha value is -2.77. The van der Waals surface area contributed by atoms with Crippen LogP contribution < -0.4 is 5.32 Å². The first-order valence-electron chi connectivity index (χ1n) is 5.91. The summed E-state index contributed by atoms with van der Waals surface area (Å²) in [6, 6.07) is 4.26. The molecule has 2 rings (SSSR count). The van der Waals surface area contributed by atoms with Crippen molar-refractivity contribution in [1.29, 1.82) is 0 Å². The Morgan fingerprint density at radius 2 is 1.95 bits per heavy atom. The van der Waals surface area contributed by atoms with E-state index in [1.165, 1.54) is 18.3 Å². The smallest absolute Gasteiger partial charge is 0.306 e. The summed E-state index contributed by atoms with van der Waals surface area (Å²) < 4.78 is 51.4. The van der Waals surface area contributed by atoms with E-state index in [1.807, 2.05) is 0 Å². The first-order valence-corrected chi connectivity index (χ1v) is 5.91. The van der Waals surface area contributed by atoms with Gasteiger partial charge in [0.05, 0.1) is 16.7 Å². The minimum absolute atomic E-state index is 0.0169. The van der Waals surface area contributed by atoms with E-state index in [0.717, 1.165) is 0 Å². The summed E-state index contributed by atoms with van der Waals surface area (Å²) in [5, 5.41) is 2.11. The summed E-state index contributed by atoms with van der Waals surface area (Å²) in [5.74, 6) is -2.42. The molecular weight excluding hydrogens is 304 g/mol. The van der Waals surface area contributed by atoms with E-state index in [-0.39, 0.29) is 11.4 Å². The van der Waals surface area contributed by atoms with Gasteiger partial charge in [0.25, 0.3) is 5.91 Å². The third kappa shape index (κ3) is 3.27. The van der Waals surface area contributed by atoms with Crippen LogP contribution in [0.1, 0.15) is 26.3 Å². The first-order chi connectivity index (χ1) is 10.3. The maximum absolute atomic E-state index is 13.6. The molecule has 0 saturated carbocycles. The molecule has 0 aliphatic rings. The summed E-state index contributed by atoms with van der Waals surface area (Å²) in [6.45, 7) is 0. The number of hydrogen-bond donors (Lipinski definition) is 1. The van der Waals surface area contributed by atoms with Gasteiger partial charge in [0, 0.05) is 6.20 Å². The zero-order valence-corrected chi connectivity index (χ0v) is 10.8. The molecule has 0 atom stereocenters. The number of carbonyl (C=O) groups is 2. The fourth-order valence-electron chi connectivity index (χ4n) is 1.67. The van der Waals surface area contributed by atoms with E-state index >= 15 is 0 Å². The van der Waals surface area contributed by atoms with Crippen LogP contribution in [-0.2, 0) is 6.18 Å².